The zero-order valence-electron chi connectivity index (χ0n) is 8.57. The number of halogens is 1. The summed E-state index contributed by atoms with van der Waals surface area (Å²) in [5.74, 6) is 0.0396. The predicted molar refractivity (Wildman–Crippen MR) is 60.0 cm³/mol. The molecule has 0 heterocycles. The molecule has 0 saturated heterocycles. The van der Waals surface area contributed by atoms with Crippen molar-refractivity contribution in [2.24, 2.45) is 0 Å². The summed E-state index contributed by atoms with van der Waals surface area (Å²) in [5, 5.41) is 0. The number of aldehydes is 1. The number of hydrogen-bond acceptors (Lipinski definition) is 2. The van der Waals surface area contributed by atoms with Gasteiger partial charge in [-0.3, -0.25) is 0 Å². The van der Waals surface area contributed by atoms with Gasteiger partial charge in [-0.05, 0) is 18.9 Å². The van der Waals surface area contributed by atoms with Crippen LogP contribution in [0.5, 0.6) is 0 Å². The first kappa shape index (κ1) is 11.9. The van der Waals surface area contributed by atoms with Crippen molar-refractivity contribution in [3.63, 3.8) is 0 Å². The molecule has 0 aliphatic rings. The van der Waals surface area contributed by atoms with Gasteiger partial charge in [0.25, 0.3) is 0 Å². The van der Waals surface area contributed by atoms with Crippen molar-refractivity contribution in [3.05, 3.63) is 35.9 Å². The van der Waals surface area contributed by atoms with Gasteiger partial charge in [0.15, 0.2) is 0 Å². The van der Waals surface area contributed by atoms with Crippen LogP contribution in [-0.2, 0) is 14.5 Å². The Morgan fingerprint density at radius 1 is 1.40 bits per heavy atom. The van der Waals surface area contributed by atoms with Crippen molar-refractivity contribution >= 4 is 23.7 Å². The molecule has 0 bridgehead atoms. The second-order valence-corrected chi connectivity index (χ2v) is 4.22. The maximum absolute atomic E-state index is 11.0. The van der Waals surface area contributed by atoms with Gasteiger partial charge in [-0.1, -0.05) is 30.3 Å². The molecule has 1 aromatic rings. The third-order valence-electron chi connectivity index (χ3n) is 2.28. The van der Waals surface area contributed by atoms with Crippen LogP contribution < -0.4 is 0 Å². The van der Waals surface area contributed by atoms with E-state index >= 15 is 0 Å². The third-order valence-corrected chi connectivity index (χ3v) is 2.78. The van der Waals surface area contributed by atoms with Crippen molar-refractivity contribution < 1.29 is 9.59 Å². The average molecular weight is 225 g/mol. The van der Waals surface area contributed by atoms with E-state index in [-0.39, 0.29) is 5.78 Å². The summed E-state index contributed by atoms with van der Waals surface area (Å²) in [7, 11) is 0. The van der Waals surface area contributed by atoms with Crippen LogP contribution in [0.25, 0.3) is 0 Å². The standard InChI is InChI=1S/C12H13ClO2/c1-10(15)7-8-12(13,9-14)11-5-3-2-4-6-11/h2-6,9H,7-8H2,1H3. The molecular formula is C12H13ClO2. The smallest absolute Gasteiger partial charge is 0.145 e. The Kier molecular flexibility index (Phi) is 4.04. The number of Topliss-reactive ketones (excluding diaryl/α,β-unsaturated/α-hetero) is 1. The second kappa shape index (κ2) is 5.08. The maximum atomic E-state index is 11.0. The van der Waals surface area contributed by atoms with E-state index in [1.165, 1.54) is 6.92 Å². The SMILES string of the molecule is CC(=O)CCC(Cl)(C=O)c1ccccc1. The molecule has 2 nitrogen and oxygen atoms in total. The first-order valence-electron chi connectivity index (χ1n) is 4.79. The summed E-state index contributed by atoms with van der Waals surface area (Å²) in [6.45, 7) is 1.49. The Morgan fingerprint density at radius 3 is 2.47 bits per heavy atom. The fourth-order valence-electron chi connectivity index (χ4n) is 1.34. The van der Waals surface area contributed by atoms with E-state index in [0.29, 0.717) is 19.1 Å². The van der Waals surface area contributed by atoms with Gasteiger partial charge < -0.3 is 9.59 Å². The fraction of sp³-hybridized carbons (Fsp3) is 0.333. The number of ketones is 1. The largest absolute Gasteiger partial charge is 0.301 e. The summed E-state index contributed by atoms with van der Waals surface area (Å²) in [6, 6.07) is 9.09. The van der Waals surface area contributed by atoms with Gasteiger partial charge in [0.1, 0.15) is 16.9 Å². The third kappa shape index (κ3) is 3.17. The average Bonchev–Trinajstić information content (AvgIpc) is 2.27. The van der Waals surface area contributed by atoms with Crippen LogP contribution in [0.3, 0.4) is 0 Å². The van der Waals surface area contributed by atoms with Gasteiger partial charge in [0.2, 0.25) is 0 Å². The number of carbonyl (C=O) groups excluding carboxylic acids is 2. The van der Waals surface area contributed by atoms with Crippen LogP contribution in [0, 0.1) is 0 Å². The number of benzene rings is 1. The number of hydrogen-bond donors (Lipinski definition) is 0. The summed E-state index contributed by atoms with van der Waals surface area (Å²) in [6.07, 6.45) is 1.36. The molecule has 80 valence electrons. The molecule has 1 unspecified atom stereocenters. The molecule has 0 fully saturated rings. The molecule has 0 N–H and O–H groups in total. The monoisotopic (exact) mass is 224 g/mol. The van der Waals surface area contributed by atoms with E-state index in [4.69, 9.17) is 11.6 Å². The highest BCUT2D eigenvalue weighted by atomic mass is 35.5. The Morgan fingerprint density at radius 2 is 2.00 bits per heavy atom. The molecule has 0 spiro atoms. The van der Waals surface area contributed by atoms with Crippen molar-refractivity contribution in [3.8, 4) is 0 Å². The predicted octanol–water partition coefficient (Wildman–Crippen LogP) is 2.69. The molecule has 3 heteroatoms. The summed E-state index contributed by atoms with van der Waals surface area (Å²) < 4.78 is 0. The molecule has 0 amide bonds. The first-order valence-corrected chi connectivity index (χ1v) is 5.16. The van der Waals surface area contributed by atoms with Crippen LogP contribution in [0.15, 0.2) is 30.3 Å². The lowest BCUT2D eigenvalue weighted by Gasteiger charge is -2.20. The molecule has 0 saturated carbocycles. The lowest BCUT2D eigenvalue weighted by atomic mass is 9.94. The van der Waals surface area contributed by atoms with Crippen molar-refractivity contribution in [2.45, 2.75) is 24.6 Å². The molecule has 1 atom stereocenters. The molecule has 0 aliphatic carbocycles. The van der Waals surface area contributed by atoms with Gasteiger partial charge in [-0.2, -0.15) is 0 Å². The number of alkyl halides is 1. The number of carbonyl (C=O) groups is 2. The fourth-order valence-corrected chi connectivity index (χ4v) is 1.56. The van der Waals surface area contributed by atoms with Crippen LogP contribution in [0.4, 0.5) is 0 Å². The van der Waals surface area contributed by atoms with Crippen LogP contribution in [-0.4, -0.2) is 12.1 Å². The zero-order valence-corrected chi connectivity index (χ0v) is 9.33. The van der Waals surface area contributed by atoms with Crippen LogP contribution in [0.2, 0.25) is 0 Å². The highest BCUT2D eigenvalue weighted by molar-refractivity contribution is 6.31. The molecule has 0 aliphatic heterocycles. The highest BCUT2D eigenvalue weighted by Gasteiger charge is 2.28. The van der Waals surface area contributed by atoms with Crippen molar-refractivity contribution in [2.75, 3.05) is 0 Å². The van der Waals surface area contributed by atoms with E-state index in [0.717, 1.165) is 5.56 Å². The summed E-state index contributed by atoms with van der Waals surface area (Å²) in [5.41, 5.74) is 0.739. The lowest BCUT2D eigenvalue weighted by molar-refractivity contribution is -0.117. The Hall–Kier alpha value is -1.15. The van der Waals surface area contributed by atoms with Crippen molar-refractivity contribution in [1.82, 2.24) is 0 Å². The van der Waals surface area contributed by atoms with Gasteiger partial charge in [-0.15, -0.1) is 11.6 Å². The zero-order chi connectivity index (χ0) is 11.3. The topological polar surface area (TPSA) is 34.1 Å². The molecular weight excluding hydrogens is 212 g/mol. The molecule has 0 radical (unpaired) electrons. The Labute approximate surface area is 94.2 Å². The minimum atomic E-state index is -1.06. The lowest BCUT2D eigenvalue weighted by Crippen LogP contribution is -2.21. The Bertz CT molecular complexity index is 348. The molecule has 1 rings (SSSR count). The van der Waals surface area contributed by atoms with Gasteiger partial charge in [0, 0.05) is 6.42 Å². The molecule has 15 heavy (non-hydrogen) atoms. The van der Waals surface area contributed by atoms with Crippen molar-refractivity contribution in [1.29, 1.82) is 0 Å². The minimum Gasteiger partial charge on any atom is -0.301 e. The van der Waals surface area contributed by atoms with Gasteiger partial charge in [-0.25, -0.2) is 0 Å². The Balaban J connectivity index is 2.85. The summed E-state index contributed by atoms with van der Waals surface area (Å²) in [4.78, 5) is 20.8. The second-order valence-electron chi connectivity index (χ2n) is 3.55. The summed E-state index contributed by atoms with van der Waals surface area (Å²) >= 11 is 6.17. The van der Waals surface area contributed by atoms with E-state index in [2.05, 4.69) is 0 Å². The van der Waals surface area contributed by atoms with E-state index in [9.17, 15) is 9.59 Å². The maximum Gasteiger partial charge on any atom is 0.145 e. The van der Waals surface area contributed by atoms with Gasteiger partial charge in [0.05, 0.1) is 0 Å². The minimum absolute atomic E-state index is 0.0396. The molecule has 1 aromatic carbocycles. The normalized spacial score (nSPS) is 14.3. The van der Waals surface area contributed by atoms with Crippen LogP contribution in [0.1, 0.15) is 25.3 Å². The van der Waals surface area contributed by atoms with E-state index < -0.39 is 4.87 Å². The van der Waals surface area contributed by atoms with Crippen LogP contribution >= 0.6 is 11.6 Å². The van der Waals surface area contributed by atoms with E-state index in [1.54, 1.807) is 12.1 Å². The number of rotatable bonds is 5. The highest BCUT2D eigenvalue weighted by Crippen LogP contribution is 2.31. The quantitative estimate of drug-likeness (QED) is 0.569. The van der Waals surface area contributed by atoms with E-state index in [1.807, 2.05) is 18.2 Å². The molecule has 0 aromatic heterocycles. The van der Waals surface area contributed by atoms with Gasteiger partial charge >= 0.3 is 0 Å². The first-order chi connectivity index (χ1) is 7.08.